The summed E-state index contributed by atoms with van der Waals surface area (Å²) in [5.41, 5.74) is 0.685. The summed E-state index contributed by atoms with van der Waals surface area (Å²) in [6.07, 6.45) is 1.86. The van der Waals surface area contributed by atoms with Crippen molar-refractivity contribution < 1.29 is 14.7 Å². The van der Waals surface area contributed by atoms with Gasteiger partial charge in [0.25, 0.3) is 5.91 Å². The number of nitrogens with zero attached hydrogens (tertiary/aromatic N) is 2. The Hall–Kier alpha value is -2.38. The van der Waals surface area contributed by atoms with Gasteiger partial charge in [-0.25, -0.2) is 9.79 Å². The zero-order chi connectivity index (χ0) is 17.1. The third-order valence-electron chi connectivity index (χ3n) is 3.34. The molecule has 0 bridgehead atoms. The first-order valence-electron chi connectivity index (χ1n) is 7.25. The largest absolute Gasteiger partial charge is 0.478 e. The smallest absolute Gasteiger partial charge is 0.335 e. The highest BCUT2D eigenvalue weighted by atomic mass is 32.2. The Balaban J connectivity index is 1.94. The van der Waals surface area contributed by atoms with Crippen molar-refractivity contribution in [2.75, 3.05) is 6.54 Å². The number of thioether (sulfide) groups is 1. The maximum absolute atomic E-state index is 12.5. The van der Waals surface area contributed by atoms with Crippen molar-refractivity contribution in [2.24, 2.45) is 4.99 Å². The second-order valence-electron chi connectivity index (χ2n) is 4.93. The zero-order valence-electron chi connectivity index (χ0n) is 12.8. The van der Waals surface area contributed by atoms with Crippen LogP contribution in [0.5, 0.6) is 0 Å². The van der Waals surface area contributed by atoms with Crippen molar-refractivity contribution in [3.8, 4) is 0 Å². The second-order valence-corrected chi connectivity index (χ2v) is 6.91. The molecule has 5 nitrogen and oxygen atoms in total. The van der Waals surface area contributed by atoms with Crippen LogP contribution in [0.2, 0.25) is 0 Å². The zero-order valence-corrected chi connectivity index (χ0v) is 14.4. The quantitative estimate of drug-likeness (QED) is 0.837. The summed E-state index contributed by atoms with van der Waals surface area (Å²) >= 11 is 2.87. The molecule has 1 aromatic carbocycles. The van der Waals surface area contributed by atoms with Gasteiger partial charge in [0.2, 0.25) is 0 Å². The molecule has 7 heteroatoms. The summed E-state index contributed by atoms with van der Waals surface area (Å²) in [5.74, 6) is -1.08. The van der Waals surface area contributed by atoms with Crippen LogP contribution >= 0.6 is 23.1 Å². The summed E-state index contributed by atoms with van der Waals surface area (Å²) in [6, 6.07) is 10.3. The van der Waals surface area contributed by atoms with Crippen LogP contribution in [0.3, 0.4) is 0 Å². The van der Waals surface area contributed by atoms with E-state index in [0.717, 1.165) is 4.88 Å². The molecule has 122 valence electrons. The molecule has 0 aliphatic carbocycles. The fourth-order valence-corrected chi connectivity index (χ4v) is 3.98. The molecule has 1 aliphatic rings. The fourth-order valence-electron chi connectivity index (χ4n) is 2.19. The van der Waals surface area contributed by atoms with Crippen LogP contribution in [0, 0.1) is 0 Å². The van der Waals surface area contributed by atoms with E-state index in [4.69, 9.17) is 5.11 Å². The van der Waals surface area contributed by atoms with Gasteiger partial charge in [-0.15, -0.1) is 11.3 Å². The first-order chi connectivity index (χ1) is 11.6. The van der Waals surface area contributed by atoms with E-state index in [2.05, 4.69) is 4.99 Å². The molecule has 3 rings (SSSR count). The van der Waals surface area contributed by atoms with Crippen molar-refractivity contribution in [3.05, 3.63) is 57.1 Å². The van der Waals surface area contributed by atoms with Crippen LogP contribution in [0.25, 0.3) is 6.08 Å². The number of hydrogen-bond acceptors (Lipinski definition) is 5. The number of carboxylic acids is 1. The van der Waals surface area contributed by atoms with Gasteiger partial charge in [-0.2, -0.15) is 0 Å². The van der Waals surface area contributed by atoms with Gasteiger partial charge in [-0.05, 0) is 54.4 Å². The van der Waals surface area contributed by atoms with E-state index in [1.54, 1.807) is 28.4 Å². The number of aliphatic imine (C=N–C) groups is 1. The lowest BCUT2D eigenvalue weighted by molar-refractivity contribution is -0.122. The van der Waals surface area contributed by atoms with Crippen molar-refractivity contribution >= 4 is 51.9 Å². The Labute approximate surface area is 147 Å². The molecule has 1 saturated heterocycles. The van der Waals surface area contributed by atoms with Gasteiger partial charge in [0.1, 0.15) is 0 Å². The van der Waals surface area contributed by atoms with Gasteiger partial charge in [-0.1, -0.05) is 12.1 Å². The highest BCUT2D eigenvalue weighted by Crippen LogP contribution is 2.34. The van der Waals surface area contributed by atoms with Gasteiger partial charge in [0.05, 0.1) is 16.2 Å². The maximum Gasteiger partial charge on any atom is 0.335 e. The molecule has 2 heterocycles. The summed E-state index contributed by atoms with van der Waals surface area (Å²) in [6.45, 7) is 2.39. The minimum atomic E-state index is -1.00. The Kier molecular flexibility index (Phi) is 4.82. The lowest BCUT2D eigenvalue weighted by atomic mass is 10.2. The normalized spacial score (nSPS) is 17.9. The number of amides is 1. The number of carbonyl (C=O) groups excluding carboxylic acids is 1. The number of carboxylic acid groups (broad SMARTS) is 1. The van der Waals surface area contributed by atoms with Gasteiger partial charge < -0.3 is 5.11 Å². The number of aromatic carboxylic acids is 1. The Bertz CT molecular complexity index is 841. The molecular weight excluding hydrogens is 344 g/mol. The van der Waals surface area contributed by atoms with Crippen LogP contribution in [-0.4, -0.2) is 33.6 Å². The van der Waals surface area contributed by atoms with E-state index in [1.807, 2.05) is 30.5 Å². The minimum absolute atomic E-state index is 0.0796. The molecule has 2 aromatic rings. The lowest BCUT2D eigenvalue weighted by Crippen LogP contribution is -2.28. The third kappa shape index (κ3) is 3.42. The number of hydrogen-bond donors (Lipinski definition) is 1. The molecule has 1 fully saturated rings. The number of likely N-dealkylation sites (N-methyl/N-ethyl adjacent to an activating group) is 1. The van der Waals surface area contributed by atoms with Crippen molar-refractivity contribution in [1.29, 1.82) is 0 Å². The maximum atomic E-state index is 12.5. The number of benzene rings is 1. The van der Waals surface area contributed by atoms with E-state index >= 15 is 0 Å². The molecule has 1 aliphatic heterocycles. The average Bonchev–Trinajstić information content (AvgIpc) is 3.17. The average molecular weight is 358 g/mol. The Morgan fingerprint density at radius 2 is 2.17 bits per heavy atom. The molecule has 1 amide bonds. The number of rotatable bonds is 4. The summed E-state index contributed by atoms with van der Waals surface area (Å²) in [5, 5.41) is 11.6. The van der Waals surface area contributed by atoms with Crippen molar-refractivity contribution in [1.82, 2.24) is 4.90 Å². The highest BCUT2D eigenvalue weighted by molar-refractivity contribution is 8.18. The number of amidine groups is 1. The van der Waals surface area contributed by atoms with Crippen molar-refractivity contribution in [2.45, 2.75) is 6.92 Å². The molecule has 0 atom stereocenters. The van der Waals surface area contributed by atoms with E-state index in [-0.39, 0.29) is 11.5 Å². The third-order valence-corrected chi connectivity index (χ3v) is 5.16. The topological polar surface area (TPSA) is 70.0 Å². The molecule has 0 radical (unpaired) electrons. The standard InChI is InChI=1S/C17H14N2O3S2/c1-2-19-15(20)14(10-13-7-4-8-23-13)24-17(19)18-12-6-3-5-11(9-12)16(21)22/h3-10H,2H2,1H3,(H,21,22)/b14-10+,18-17?. The molecule has 0 spiro atoms. The fraction of sp³-hybridized carbons (Fsp3) is 0.118. The monoisotopic (exact) mass is 358 g/mol. The molecule has 1 N–H and O–H groups in total. The minimum Gasteiger partial charge on any atom is -0.478 e. The summed E-state index contributed by atoms with van der Waals surface area (Å²) in [7, 11) is 0. The first kappa shape index (κ1) is 16.5. The summed E-state index contributed by atoms with van der Waals surface area (Å²) < 4.78 is 0. The molecule has 0 saturated carbocycles. The molecule has 24 heavy (non-hydrogen) atoms. The Morgan fingerprint density at radius 3 is 2.83 bits per heavy atom. The SMILES string of the molecule is CCN1C(=O)/C(=C\c2cccs2)SC1=Nc1cccc(C(=O)O)c1. The van der Waals surface area contributed by atoms with Gasteiger partial charge in [0, 0.05) is 11.4 Å². The van der Waals surface area contributed by atoms with Crippen LogP contribution in [-0.2, 0) is 4.79 Å². The predicted molar refractivity (Wildman–Crippen MR) is 97.8 cm³/mol. The predicted octanol–water partition coefficient (Wildman–Crippen LogP) is 4.07. The van der Waals surface area contributed by atoms with E-state index < -0.39 is 5.97 Å². The van der Waals surface area contributed by atoms with E-state index in [9.17, 15) is 9.59 Å². The second kappa shape index (κ2) is 7.02. The van der Waals surface area contributed by atoms with E-state index in [1.165, 1.54) is 23.9 Å². The molecule has 1 aromatic heterocycles. The van der Waals surface area contributed by atoms with Crippen LogP contribution in [0.1, 0.15) is 22.2 Å². The van der Waals surface area contributed by atoms with Crippen LogP contribution in [0.4, 0.5) is 5.69 Å². The van der Waals surface area contributed by atoms with Crippen molar-refractivity contribution in [3.63, 3.8) is 0 Å². The number of thiophene rings is 1. The number of carbonyl (C=O) groups is 2. The highest BCUT2D eigenvalue weighted by Gasteiger charge is 2.32. The Morgan fingerprint density at radius 1 is 1.33 bits per heavy atom. The van der Waals surface area contributed by atoms with Gasteiger partial charge in [-0.3, -0.25) is 9.69 Å². The van der Waals surface area contributed by atoms with Gasteiger partial charge >= 0.3 is 5.97 Å². The van der Waals surface area contributed by atoms with E-state index in [0.29, 0.717) is 22.3 Å². The molecule has 0 unspecified atom stereocenters. The molecular formula is C17H14N2O3S2. The summed E-state index contributed by atoms with van der Waals surface area (Å²) in [4.78, 5) is 31.3. The lowest BCUT2D eigenvalue weighted by Gasteiger charge is -2.12. The van der Waals surface area contributed by atoms with Gasteiger partial charge in [0.15, 0.2) is 5.17 Å². The first-order valence-corrected chi connectivity index (χ1v) is 8.95. The van der Waals surface area contributed by atoms with Crippen LogP contribution < -0.4 is 0 Å². The van der Waals surface area contributed by atoms with Crippen LogP contribution in [0.15, 0.2) is 51.7 Å².